The van der Waals surface area contributed by atoms with E-state index in [0.717, 1.165) is 19.3 Å². The van der Waals surface area contributed by atoms with E-state index in [1.54, 1.807) is 13.1 Å². The number of hydrogen-bond donors (Lipinski definition) is 2. The van der Waals surface area contributed by atoms with Crippen molar-refractivity contribution < 1.29 is 13.5 Å². The number of pyridine rings is 1. The summed E-state index contributed by atoms with van der Waals surface area (Å²) in [6, 6.07) is 2.95. The number of piperidine rings is 1. The lowest BCUT2D eigenvalue weighted by Crippen LogP contribution is -2.44. The van der Waals surface area contributed by atoms with Gasteiger partial charge in [-0.15, -0.1) is 0 Å². The van der Waals surface area contributed by atoms with Crippen molar-refractivity contribution in [2.24, 2.45) is 0 Å². The highest BCUT2D eigenvalue weighted by molar-refractivity contribution is 7.89. The molecule has 0 radical (unpaired) electrons. The van der Waals surface area contributed by atoms with E-state index in [2.05, 4.69) is 10.3 Å². The predicted molar refractivity (Wildman–Crippen MR) is 77.0 cm³/mol. The van der Waals surface area contributed by atoms with E-state index in [-0.39, 0.29) is 17.5 Å². The van der Waals surface area contributed by atoms with Crippen LogP contribution < -0.4 is 5.32 Å². The molecule has 0 spiro atoms. The summed E-state index contributed by atoms with van der Waals surface area (Å²) in [6.07, 6.45) is 4.66. The Morgan fingerprint density at radius 1 is 1.50 bits per heavy atom. The van der Waals surface area contributed by atoms with E-state index in [4.69, 9.17) is 5.11 Å². The first-order valence-electron chi connectivity index (χ1n) is 6.86. The van der Waals surface area contributed by atoms with Gasteiger partial charge in [0.25, 0.3) is 0 Å². The van der Waals surface area contributed by atoms with E-state index in [1.165, 1.54) is 16.6 Å². The van der Waals surface area contributed by atoms with Crippen LogP contribution in [-0.2, 0) is 10.0 Å². The molecule has 0 saturated carbocycles. The fraction of sp³-hybridized carbons (Fsp3) is 0.615. The van der Waals surface area contributed by atoms with Crippen molar-refractivity contribution in [3.05, 3.63) is 18.3 Å². The summed E-state index contributed by atoms with van der Waals surface area (Å²) < 4.78 is 27.0. The molecule has 0 amide bonds. The molecule has 112 valence electrons. The van der Waals surface area contributed by atoms with E-state index in [1.807, 2.05) is 0 Å². The Kier molecular flexibility index (Phi) is 4.95. The van der Waals surface area contributed by atoms with Gasteiger partial charge in [-0.1, -0.05) is 6.42 Å². The second-order valence-electron chi connectivity index (χ2n) is 4.90. The molecular weight excluding hydrogens is 278 g/mol. The smallest absolute Gasteiger partial charge is 0.243 e. The van der Waals surface area contributed by atoms with Crippen molar-refractivity contribution in [2.75, 3.05) is 25.5 Å². The minimum absolute atomic E-state index is 0.00873. The van der Waals surface area contributed by atoms with Crippen LogP contribution in [0.1, 0.15) is 25.7 Å². The average Bonchev–Trinajstić information content (AvgIpc) is 2.48. The maximum absolute atomic E-state index is 12.7. The highest BCUT2D eigenvalue weighted by atomic mass is 32.2. The van der Waals surface area contributed by atoms with Crippen LogP contribution in [0.5, 0.6) is 0 Å². The van der Waals surface area contributed by atoms with E-state index in [0.29, 0.717) is 18.8 Å². The molecule has 2 N–H and O–H groups in total. The molecule has 0 aliphatic carbocycles. The van der Waals surface area contributed by atoms with Gasteiger partial charge < -0.3 is 10.4 Å². The van der Waals surface area contributed by atoms with Gasteiger partial charge >= 0.3 is 0 Å². The molecule has 1 fully saturated rings. The molecule has 6 nitrogen and oxygen atoms in total. The Labute approximate surface area is 119 Å². The molecule has 1 aliphatic heterocycles. The van der Waals surface area contributed by atoms with Crippen LogP contribution >= 0.6 is 0 Å². The van der Waals surface area contributed by atoms with Gasteiger partial charge in [-0.3, -0.25) is 0 Å². The lowest BCUT2D eigenvalue weighted by atomic mass is 10.0. The molecule has 7 heteroatoms. The molecule has 1 unspecified atom stereocenters. The summed E-state index contributed by atoms with van der Waals surface area (Å²) in [5, 5.41) is 12.0. The zero-order valence-corrected chi connectivity index (χ0v) is 12.4. The Balaban J connectivity index is 2.31. The first-order valence-corrected chi connectivity index (χ1v) is 8.30. The Hall–Kier alpha value is -1.18. The third-order valence-corrected chi connectivity index (χ3v) is 5.58. The topological polar surface area (TPSA) is 82.5 Å². The number of hydrogen-bond acceptors (Lipinski definition) is 5. The summed E-state index contributed by atoms with van der Waals surface area (Å²) in [5.41, 5.74) is 0. The molecular formula is C13H21N3O3S. The number of aromatic nitrogens is 1. The lowest BCUT2D eigenvalue weighted by Gasteiger charge is -2.34. The van der Waals surface area contributed by atoms with Gasteiger partial charge in [0.15, 0.2) is 0 Å². The van der Waals surface area contributed by atoms with Crippen LogP contribution in [0.3, 0.4) is 0 Å². The van der Waals surface area contributed by atoms with Crippen molar-refractivity contribution in [3.63, 3.8) is 0 Å². The van der Waals surface area contributed by atoms with Crippen LogP contribution in [0.25, 0.3) is 0 Å². The first-order chi connectivity index (χ1) is 9.59. The minimum Gasteiger partial charge on any atom is -0.396 e. The summed E-state index contributed by atoms with van der Waals surface area (Å²) in [4.78, 5) is 4.29. The summed E-state index contributed by atoms with van der Waals surface area (Å²) >= 11 is 0. The number of aliphatic hydroxyl groups excluding tert-OH is 1. The zero-order valence-electron chi connectivity index (χ0n) is 11.6. The number of aliphatic hydroxyl groups is 1. The summed E-state index contributed by atoms with van der Waals surface area (Å²) in [7, 11) is -1.82. The maximum Gasteiger partial charge on any atom is 0.243 e. The molecule has 0 bridgehead atoms. The van der Waals surface area contributed by atoms with Crippen molar-refractivity contribution in [1.82, 2.24) is 9.29 Å². The summed E-state index contributed by atoms with van der Waals surface area (Å²) in [5.74, 6) is 0.529. The number of rotatable bonds is 5. The number of nitrogens with one attached hydrogen (secondary N) is 1. The fourth-order valence-electron chi connectivity index (χ4n) is 2.57. The van der Waals surface area contributed by atoms with Crippen LogP contribution in [0, 0.1) is 0 Å². The lowest BCUT2D eigenvalue weighted by molar-refractivity contribution is 0.192. The first kappa shape index (κ1) is 15.2. The molecule has 1 aromatic rings. The van der Waals surface area contributed by atoms with Crippen molar-refractivity contribution in [2.45, 2.75) is 36.6 Å². The quantitative estimate of drug-likeness (QED) is 0.849. The largest absolute Gasteiger partial charge is 0.396 e. The van der Waals surface area contributed by atoms with Crippen molar-refractivity contribution in [1.29, 1.82) is 0 Å². The molecule has 1 atom stereocenters. The van der Waals surface area contributed by atoms with Crippen LogP contribution in [0.2, 0.25) is 0 Å². The number of anilines is 1. The second kappa shape index (κ2) is 6.51. The van der Waals surface area contributed by atoms with Crippen LogP contribution in [-0.4, -0.2) is 49.1 Å². The molecule has 1 aliphatic rings. The van der Waals surface area contributed by atoms with Gasteiger partial charge in [0.05, 0.1) is 4.90 Å². The second-order valence-corrected chi connectivity index (χ2v) is 6.79. The molecule has 20 heavy (non-hydrogen) atoms. The Bertz CT molecular complexity index is 546. The standard InChI is InChI=1S/C13H21N3O3S/c1-14-13-10-12(5-7-15-13)20(18,19)16-8-3-2-4-11(16)6-9-17/h5,7,10-11,17H,2-4,6,8-9H2,1H3,(H,14,15). The van der Waals surface area contributed by atoms with Crippen LogP contribution in [0.4, 0.5) is 5.82 Å². The fourth-order valence-corrected chi connectivity index (χ4v) is 4.31. The van der Waals surface area contributed by atoms with E-state index >= 15 is 0 Å². The third kappa shape index (κ3) is 3.11. The summed E-state index contributed by atoms with van der Waals surface area (Å²) in [6.45, 7) is 0.527. The van der Waals surface area contributed by atoms with Crippen LogP contribution in [0.15, 0.2) is 23.2 Å². The Morgan fingerprint density at radius 3 is 3.00 bits per heavy atom. The Morgan fingerprint density at radius 2 is 2.30 bits per heavy atom. The van der Waals surface area contributed by atoms with Crippen molar-refractivity contribution in [3.8, 4) is 0 Å². The zero-order chi connectivity index (χ0) is 14.6. The highest BCUT2D eigenvalue weighted by Gasteiger charge is 2.33. The maximum atomic E-state index is 12.7. The molecule has 1 saturated heterocycles. The van der Waals surface area contributed by atoms with Gasteiger partial charge in [-0.25, -0.2) is 13.4 Å². The monoisotopic (exact) mass is 299 g/mol. The van der Waals surface area contributed by atoms with E-state index in [9.17, 15) is 8.42 Å². The van der Waals surface area contributed by atoms with Gasteiger partial charge in [-0.2, -0.15) is 4.31 Å². The number of nitrogens with zero attached hydrogens (tertiary/aromatic N) is 2. The molecule has 2 heterocycles. The predicted octanol–water partition coefficient (Wildman–Crippen LogP) is 1.05. The van der Waals surface area contributed by atoms with Gasteiger partial charge in [0.2, 0.25) is 10.0 Å². The minimum atomic E-state index is -3.52. The van der Waals surface area contributed by atoms with Gasteiger partial charge in [0.1, 0.15) is 5.82 Å². The highest BCUT2D eigenvalue weighted by Crippen LogP contribution is 2.27. The molecule has 0 aromatic carbocycles. The van der Waals surface area contributed by atoms with Gasteiger partial charge in [0, 0.05) is 38.5 Å². The SMILES string of the molecule is CNc1cc(S(=O)(=O)N2CCCCC2CCO)ccn1. The normalized spacial score (nSPS) is 20.8. The molecule has 1 aromatic heterocycles. The third-order valence-electron chi connectivity index (χ3n) is 3.63. The average molecular weight is 299 g/mol. The van der Waals surface area contributed by atoms with Gasteiger partial charge in [-0.05, 0) is 25.3 Å². The molecule has 2 rings (SSSR count). The van der Waals surface area contributed by atoms with Crippen molar-refractivity contribution >= 4 is 15.8 Å². The van der Waals surface area contributed by atoms with E-state index < -0.39 is 10.0 Å². The number of sulfonamides is 1.